The summed E-state index contributed by atoms with van der Waals surface area (Å²) in [6, 6.07) is 7.66. The number of para-hydroxylation sites is 1. The molecule has 0 saturated heterocycles. The maximum Gasteiger partial charge on any atom is 0.342 e. The van der Waals surface area contributed by atoms with Crippen molar-refractivity contribution < 1.29 is 14.6 Å². The van der Waals surface area contributed by atoms with E-state index >= 15 is 0 Å². The molecule has 13 heavy (non-hydrogen) atoms. The Morgan fingerprint density at radius 3 is 2.85 bits per heavy atom. The minimum absolute atomic E-state index is 0.0674. The third-order valence-electron chi connectivity index (χ3n) is 1.39. The summed E-state index contributed by atoms with van der Waals surface area (Å²) in [6.45, 7) is -0.312. The first-order valence-corrected chi connectivity index (χ1v) is 3.58. The van der Waals surface area contributed by atoms with Gasteiger partial charge in [-0.05, 0) is 12.1 Å². The monoisotopic (exact) mass is 177 g/mol. The van der Waals surface area contributed by atoms with Gasteiger partial charge in [-0.2, -0.15) is 5.26 Å². The summed E-state index contributed by atoms with van der Waals surface area (Å²) in [5.74, 6) is -0.843. The lowest BCUT2D eigenvalue weighted by Gasteiger charge is -2.01. The van der Waals surface area contributed by atoms with Crippen LogP contribution in [-0.2, 0) is 4.74 Å². The lowest BCUT2D eigenvalue weighted by Crippen LogP contribution is -2.05. The predicted molar refractivity (Wildman–Crippen MR) is 44.0 cm³/mol. The SMILES string of the molecule is N#CCOC(=O)c1ccccc1O. The first-order chi connectivity index (χ1) is 6.25. The second-order valence-corrected chi connectivity index (χ2v) is 2.25. The van der Waals surface area contributed by atoms with E-state index < -0.39 is 5.97 Å². The highest BCUT2D eigenvalue weighted by atomic mass is 16.5. The van der Waals surface area contributed by atoms with Crippen LogP contribution in [0.1, 0.15) is 10.4 Å². The Kier molecular flexibility index (Phi) is 2.87. The number of rotatable bonds is 2. The van der Waals surface area contributed by atoms with Crippen molar-refractivity contribution in [3.05, 3.63) is 29.8 Å². The Balaban J connectivity index is 2.78. The Bertz CT molecular complexity index is 354. The molecule has 0 aliphatic carbocycles. The molecule has 0 fully saturated rings. The largest absolute Gasteiger partial charge is 0.507 e. The van der Waals surface area contributed by atoms with Crippen molar-refractivity contribution in [2.75, 3.05) is 6.61 Å². The zero-order valence-electron chi connectivity index (χ0n) is 6.73. The standard InChI is InChI=1S/C9H7NO3/c10-5-6-13-9(12)7-3-1-2-4-8(7)11/h1-4,11H,6H2. The number of benzene rings is 1. The number of nitrogens with zero attached hydrogens (tertiary/aromatic N) is 1. The molecule has 1 aromatic carbocycles. The van der Waals surface area contributed by atoms with E-state index in [2.05, 4.69) is 4.74 Å². The summed E-state index contributed by atoms with van der Waals surface area (Å²) in [5, 5.41) is 17.3. The first kappa shape index (κ1) is 9.07. The summed E-state index contributed by atoms with van der Waals surface area (Å²) in [6.07, 6.45) is 0. The van der Waals surface area contributed by atoms with Gasteiger partial charge in [0.25, 0.3) is 0 Å². The van der Waals surface area contributed by atoms with Crippen molar-refractivity contribution in [3.8, 4) is 11.8 Å². The molecular weight excluding hydrogens is 170 g/mol. The van der Waals surface area contributed by atoms with E-state index in [0.717, 1.165) is 0 Å². The number of nitriles is 1. The third kappa shape index (κ3) is 2.20. The van der Waals surface area contributed by atoms with E-state index in [4.69, 9.17) is 5.26 Å². The minimum atomic E-state index is -0.695. The van der Waals surface area contributed by atoms with Crippen LogP contribution in [0.3, 0.4) is 0 Å². The molecule has 0 spiro atoms. The molecule has 0 bridgehead atoms. The number of hydrogen-bond acceptors (Lipinski definition) is 4. The van der Waals surface area contributed by atoms with Gasteiger partial charge in [0.05, 0.1) is 0 Å². The number of ether oxygens (including phenoxy) is 1. The Labute approximate surface area is 75.0 Å². The number of carbonyl (C=O) groups is 1. The summed E-state index contributed by atoms with van der Waals surface area (Å²) in [5.41, 5.74) is 0.0674. The molecule has 0 aliphatic rings. The average Bonchev–Trinajstić information content (AvgIpc) is 2.15. The minimum Gasteiger partial charge on any atom is -0.507 e. The molecule has 0 amide bonds. The summed E-state index contributed by atoms with van der Waals surface area (Å²) in [7, 11) is 0. The van der Waals surface area contributed by atoms with E-state index in [1.54, 1.807) is 18.2 Å². The first-order valence-electron chi connectivity index (χ1n) is 3.58. The van der Waals surface area contributed by atoms with Crippen LogP contribution in [0.25, 0.3) is 0 Å². The highest BCUT2D eigenvalue weighted by molar-refractivity contribution is 5.92. The molecule has 1 aromatic rings. The second kappa shape index (κ2) is 4.12. The van der Waals surface area contributed by atoms with Gasteiger partial charge in [0, 0.05) is 0 Å². The average molecular weight is 177 g/mol. The third-order valence-corrected chi connectivity index (χ3v) is 1.39. The van der Waals surface area contributed by atoms with Crippen LogP contribution in [0.15, 0.2) is 24.3 Å². The van der Waals surface area contributed by atoms with E-state index in [0.29, 0.717) is 0 Å². The highest BCUT2D eigenvalue weighted by Gasteiger charge is 2.10. The molecule has 0 radical (unpaired) electrons. The summed E-state index contributed by atoms with van der Waals surface area (Å²) >= 11 is 0. The van der Waals surface area contributed by atoms with Gasteiger partial charge in [-0.3, -0.25) is 0 Å². The molecule has 0 unspecified atom stereocenters. The smallest absolute Gasteiger partial charge is 0.342 e. The van der Waals surface area contributed by atoms with Crippen molar-refractivity contribution in [2.24, 2.45) is 0 Å². The summed E-state index contributed by atoms with van der Waals surface area (Å²) < 4.78 is 4.50. The Morgan fingerprint density at radius 1 is 1.54 bits per heavy atom. The molecule has 0 aromatic heterocycles. The second-order valence-electron chi connectivity index (χ2n) is 2.25. The number of phenols is 1. The van der Waals surface area contributed by atoms with Crippen molar-refractivity contribution in [3.63, 3.8) is 0 Å². The van der Waals surface area contributed by atoms with Gasteiger partial charge in [-0.25, -0.2) is 4.79 Å². The number of phenolic OH excluding ortho intramolecular Hbond substituents is 1. The molecule has 0 aliphatic heterocycles. The van der Waals surface area contributed by atoms with E-state index in [9.17, 15) is 9.90 Å². The number of esters is 1. The van der Waals surface area contributed by atoms with Gasteiger partial charge in [-0.15, -0.1) is 0 Å². The van der Waals surface area contributed by atoms with Gasteiger partial charge < -0.3 is 9.84 Å². The molecule has 4 heteroatoms. The highest BCUT2D eigenvalue weighted by Crippen LogP contribution is 2.16. The van der Waals surface area contributed by atoms with Crippen molar-refractivity contribution >= 4 is 5.97 Å². The van der Waals surface area contributed by atoms with Crippen molar-refractivity contribution in [1.82, 2.24) is 0 Å². The maximum atomic E-state index is 11.1. The van der Waals surface area contributed by atoms with Gasteiger partial charge in [0.15, 0.2) is 6.61 Å². The quantitative estimate of drug-likeness (QED) is 0.686. The molecule has 0 atom stereocenters. The fourth-order valence-electron chi connectivity index (χ4n) is 0.822. The van der Waals surface area contributed by atoms with Crippen LogP contribution in [0.5, 0.6) is 5.75 Å². The van der Waals surface area contributed by atoms with Gasteiger partial charge in [0.2, 0.25) is 0 Å². The van der Waals surface area contributed by atoms with Crippen molar-refractivity contribution in [1.29, 1.82) is 5.26 Å². The van der Waals surface area contributed by atoms with Crippen LogP contribution in [0.2, 0.25) is 0 Å². The van der Waals surface area contributed by atoms with Crippen LogP contribution < -0.4 is 0 Å². The van der Waals surface area contributed by atoms with Gasteiger partial charge >= 0.3 is 5.97 Å². The lowest BCUT2D eigenvalue weighted by atomic mass is 10.2. The van der Waals surface area contributed by atoms with E-state index in [1.807, 2.05) is 0 Å². The lowest BCUT2D eigenvalue weighted by molar-refractivity contribution is 0.0551. The van der Waals surface area contributed by atoms with E-state index in [1.165, 1.54) is 12.1 Å². The van der Waals surface area contributed by atoms with Gasteiger partial charge in [-0.1, -0.05) is 12.1 Å². The molecule has 0 saturated carbocycles. The Morgan fingerprint density at radius 2 is 2.23 bits per heavy atom. The molecule has 1 N–H and O–H groups in total. The van der Waals surface area contributed by atoms with Crippen LogP contribution >= 0.6 is 0 Å². The molecule has 66 valence electrons. The molecule has 1 rings (SSSR count). The van der Waals surface area contributed by atoms with Crippen LogP contribution in [0, 0.1) is 11.3 Å². The number of aromatic hydroxyl groups is 1. The number of hydrogen-bond donors (Lipinski definition) is 1. The zero-order valence-corrected chi connectivity index (χ0v) is 6.73. The fraction of sp³-hybridized carbons (Fsp3) is 0.111. The molecule has 4 nitrogen and oxygen atoms in total. The zero-order chi connectivity index (χ0) is 9.68. The topological polar surface area (TPSA) is 70.3 Å². The molecule has 0 heterocycles. The van der Waals surface area contributed by atoms with Crippen LogP contribution in [-0.4, -0.2) is 17.7 Å². The summed E-state index contributed by atoms with van der Waals surface area (Å²) in [4.78, 5) is 11.1. The van der Waals surface area contributed by atoms with E-state index in [-0.39, 0.29) is 17.9 Å². The van der Waals surface area contributed by atoms with Crippen LogP contribution in [0.4, 0.5) is 0 Å². The predicted octanol–water partition coefficient (Wildman–Crippen LogP) is 1.07. The maximum absolute atomic E-state index is 11.1. The van der Waals surface area contributed by atoms with Crippen molar-refractivity contribution in [2.45, 2.75) is 0 Å². The number of carbonyl (C=O) groups excluding carboxylic acids is 1. The Hall–Kier alpha value is -2.02. The normalized spacial score (nSPS) is 8.85. The van der Waals surface area contributed by atoms with Gasteiger partial charge in [0.1, 0.15) is 17.4 Å². The fourth-order valence-corrected chi connectivity index (χ4v) is 0.822. The molecular formula is C9H7NO3.